The summed E-state index contributed by atoms with van der Waals surface area (Å²) in [4.78, 5) is 48.6. The molecule has 1 spiro atoms. The number of urea groups is 1. The minimum Gasteiger partial charge on any atom is -0.311 e. The molecule has 3 aliphatic rings. The van der Waals surface area contributed by atoms with Crippen LogP contribution in [-0.2, 0) is 9.59 Å². The molecule has 0 radical (unpaired) electrons. The van der Waals surface area contributed by atoms with Gasteiger partial charge >= 0.3 is 17.8 Å². The van der Waals surface area contributed by atoms with Gasteiger partial charge in [-0.25, -0.2) is 14.8 Å². The van der Waals surface area contributed by atoms with E-state index in [9.17, 15) is 14.4 Å². The Morgan fingerprint density at radius 1 is 1.06 bits per heavy atom. The van der Waals surface area contributed by atoms with E-state index in [2.05, 4.69) is 30.6 Å². The minimum atomic E-state index is -1.48. The largest absolute Gasteiger partial charge is 0.370 e. The number of carbonyl (C=O) groups is 3. The molecule has 3 rings (SSSR count). The Hall–Kier alpha value is -2.71. The Morgan fingerprint density at radius 3 is 2.71 bits per heavy atom. The zero-order valence-corrected chi connectivity index (χ0v) is 8.17. The highest BCUT2D eigenvalue weighted by Gasteiger charge is 2.51. The third-order valence-corrected chi connectivity index (χ3v) is 2.34. The number of nitrogens with one attached hydrogen (secondary N) is 2. The van der Waals surface area contributed by atoms with E-state index in [-0.39, 0.29) is 11.7 Å². The van der Waals surface area contributed by atoms with Gasteiger partial charge in [-0.05, 0) is 0 Å². The fraction of sp³-hybridized carbons (Fsp3) is 0.125. The minimum absolute atomic E-state index is 0.0247. The predicted octanol–water partition coefficient (Wildman–Crippen LogP) is -1.99. The van der Waals surface area contributed by atoms with Crippen LogP contribution < -0.4 is 10.6 Å². The number of hydrogen-bond donors (Lipinski definition) is 2. The van der Waals surface area contributed by atoms with Gasteiger partial charge < -0.3 is 10.6 Å². The molecular weight excluding hydrogens is 228 g/mol. The highest BCUT2D eigenvalue weighted by atomic mass is 16.2. The molecule has 0 bridgehead atoms. The van der Waals surface area contributed by atoms with Crippen molar-refractivity contribution in [2.75, 3.05) is 0 Å². The van der Waals surface area contributed by atoms with Crippen LogP contribution in [0.1, 0.15) is 0 Å². The number of rotatable bonds is 0. The lowest BCUT2D eigenvalue weighted by molar-refractivity contribution is -0.139. The second-order valence-corrected chi connectivity index (χ2v) is 3.35. The van der Waals surface area contributed by atoms with Crippen molar-refractivity contribution in [3.63, 3.8) is 0 Å². The van der Waals surface area contributed by atoms with E-state index in [1.807, 2.05) is 0 Å². The molecule has 9 heteroatoms. The first-order valence-electron chi connectivity index (χ1n) is 4.55. The van der Waals surface area contributed by atoms with Crippen molar-refractivity contribution in [1.82, 2.24) is 10.6 Å². The summed E-state index contributed by atoms with van der Waals surface area (Å²) < 4.78 is 0. The van der Waals surface area contributed by atoms with Crippen LogP contribution in [0.4, 0.5) is 4.79 Å². The molecule has 84 valence electrons. The average Bonchev–Trinajstić information content (AvgIpc) is 2.28. The van der Waals surface area contributed by atoms with Crippen LogP contribution in [0.3, 0.4) is 0 Å². The van der Waals surface area contributed by atoms with E-state index in [4.69, 9.17) is 0 Å². The monoisotopic (exact) mass is 232 g/mol. The molecule has 0 aromatic carbocycles. The third kappa shape index (κ3) is 1.16. The maximum atomic E-state index is 11.3. The summed E-state index contributed by atoms with van der Waals surface area (Å²) >= 11 is 0. The van der Waals surface area contributed by atoms with E-state index in [0.29, 0.717) is 0 Å². The van der Waals surface area contributed by atoms with Gasteiger partial charge in [0.15, 0.2) is 11.7 Å². The van der Waals surface area contributed by atoms with Gasteiger partial charge in [0, 0.05) is 12.4 Å². The van der Waals surface area contributed by atoms with Gasteiger partial charge in [0.05, 0.1) is 0 Å². The molecule has 1 unspecified atom stereocenters. The first kappa shape index (κ1) is 9.51. The molecule has 9 nitrogen and oxygen atoms in total. The zero-order valence-electron chi connectivity index (χ0n) is 8.17. The van der Waals surface area contributed by atoms with Crippen molar-refractivity contribution in [2.24, 2.45) is 20.0 Å². The van der Waals surface area contributed by atoms with E-state index in [1.54, 1.807) is 0 Å². The number of amidine groups is 2. The zero-order chi connectivity index (χ0) is 12.0. The summed E-state index contributed by atoms with van der Waals surface area (Å²) in [7, 11) is 0. The number of amides is 4. The summed E-state index contributed by atoms with van der Waals surface area (Å²) in [6, 6.07) is -0.809. The molecule has 0 aliphatic carbocycles. The van der Waals surface area contributed by atoms with Crippen molar-refractivity contribution < 1.29 is 14.4 Å². The lowest BCUT2D eigenvalue weighted by Gasteiger charge is -2.36. The van der Waals surface area contributed by atoms with Gasteiger partial charge in [-0.1, -0.05) is 0 Å². The number of hydrogen-bond acceptors (Lipinski definition) is 5. The highest BCUT2D eigenvalue weighted by molar-refractivity contribution is 6.46. The van der Waals surface area contributed by atoms with Crippen LogP contribution in [0.5, 0.6) is 0 Å². The molecule has 0 aromatic rings. The standard InChI is InChI=1S/C8H4N6O3/c15-3-4(16)14-8-5(9-1-2-10-8)12-7(17)13-6(8)11-3/h1-2H,(H,14,16)(H,11,13,15,17). The molecule has 0 saturated carbocycles. The third-order valence-electron chi connectivity index (χ3n) is 2.34. The summed E-state index contributed by atoms with van der Waals surface area (Å²) in [5.41, 5.74) is -1.48. The molecular formula is C8H4N6O3. The fourth-order valence-corrected chi connectivity index (χ4v) is 1.62. The lowest BCUT2D eigenvalue weighted by Crippen LogP contribution is -2.71. The molecule has 2 N–H and O–H groups in total. The van der Waals surface area contributed by atoms with Gasteiger partial charge in [0.1, 0.15) is 0 Å². The highest BCUT2D eigenvalue weighted by Crippen LogP contribution is 2.21. The van der Waals surface area contributed by atoms with Crippen molar-refractivity contribution in [2.45, 2.75) is 5.66 Å². The molecule has 1 atom stereocenters. The van der Waals surface area contributed by atoms with Crippen LogP contribution >= 0.6 is 0 Å². The molecule has 1 fully saturated rings. The number of aliphatic imine (C=N–C) groups is 4. The first-order chi connectivity index (χ1) is 8.12. The van der Waals surface area contributed by atoms with Crippen molar-refractivity contribution >= 4 is 41.9 Å². The van der Waals surface area contributed by atoms with Crippen molar-refractivity contribution in [3.05, 3.63) is 0 Å². The summed E-state index contributed by atoms with van der Waals surface area (Å²) in [5, 5.41) is 4.53. The van der Waals surface area contributed by atoms with E-state index in [1.165, 1.54) is 12.4 Å². The molecule has 1 saturated heterocycles. The van der Waals surface area contributed by atoms with Crippen molar-refractivity contribution in [3.8, 4) is 0 Å². The van der Waals surface area contributed by atoms with E-state index in [0.717, 1.165) is 0 Å². The normalized spacial score (nSPS) is 29.8. The lowest BCUT2D eigenvalue weighted by atomic mass is 10.0. The molecule has 4 amide bonds. The topological polar surface area (TPSA) is 125 Å². The Kier molecular flexibility index (Phi) is 1.62. The molecule has 3 aliphatic heterocycles. The summed E-state index contributed by atoms with van der Waals surface area (Å²) in [6.07, 6.45) is 2.64. The van der Waals surface area contributed by atoms with E-state index >= 15 is 0 Å². The Morgan fingerprint density at radius 2 is 1.88 bits per heavy atom. The van der Waals surface area contributed by atoms with E-state index < -0.39 is 23.5 Å². The maximum Gasteiger partial charge on any atom is 0.370 e. The Balaban J connectivity index is 2.18. The van der Waals surface area contributed by atoms with Gasteiger partial charge in [0.25, 0.3) is 5.66 Å². The molecule has 17 heavy (non-hydrogen) atoms. The Bertz CT molecular complexity index is 586. The maximum absolute atomic E-state index is 11.3. The SMILES string of the molecule is O=C1N=C2N=CC=NC23NC(=O)C(=O)NC3=N1. The van der Waals surface area contributed by atoms with Crippen molar-refractivity contribution in [1.29, 1.82) is 0 Å². The van der Waals surface area contributed by atoms with Crippen LogP contribution in [0.25, 0.3) is 0 Å². The van der Waals surface area contributed by atoms with Crippen LogP contribution in [0.2, 0.25) is 0 Å². The average molecular weight is 232 g/mol. The number of piperazine rings is 1. The number of nitrogens with zero attached hydrogens (tertiary/aromatic N) is 4. The van der Waals surface area contributed by atoms with Crippen LogP contribution in [0.15, 0.2) is 20.0 Å². The van der Waals surface area contributed by atoms with Gasteiger partial charge in [0.2, 0.25) is 0 Å². The van der Waals surface area contributed by atoms with Crippen LogP contribution in [0, 0.1) is 0 Å². The summed E-state index contributed by atoms with van der Waals surface area (Å²) in [5.74, 6) is -1.91. The number of carbonyl (C=O) groups excluding carboxylic acids is 3. The fourth-order valence-electron chi connectivity index (χ4n) is 1.62. The summed E-state index contributed by atoms with van der Waals surface area (Å²) in [6.45, 7) is 0. The smallest absolute Gasteiger partial charge is 0.311 e. The second kappa shape index (κ2) is 2.90. The second-order valence-electron chi connectivity index (χ2n) is 3.35. The Labute approximate surface area is 93.4 Å². The molecule has 0 aromatic heterocycles. The van der Waals surface area contributed by atoms with Gasteiger partial charge in [-0.15, -0.1) is 0 Å². The molecule has 3 heterocycles. The predicted molar refractivity (Wildman–Crippen MR) is 56.3 cm³/mol. The quantitative estimate of drug-likeness (QED) is 0.470. The first-order valence-corrected chi connectivity index (χ1v) is 4.55. The van der Waals surface area contributed by atoms with Crippen LogP contribution in [-0.4, -0.2) is 47.6 Å². The van der Waals surface area contributed by atoms with Gasteiger partial charge in [-0.2, -0.15) is 9.98 Å². The van der Waals surface area contributed by atoms with Gasteiger partial charge in [-0.3, -0.25) is 9.59 Å².